The lowest BCUT2D eigenvalue weighted by Crippen LogP contribution is -2.27. The Hall–Kier alpha value is -2.11. The van der Waals surface area contributed by atoms with Crippen LogP contribution in [0.2, 0.25) is 10.0 Å². The van der Waals surface area contributed by atoms with Crippen molar-refractivity contribution in [2.24, 2.45) is 0 Å². The molecule has 0 bridgehead atoms. The Morgan fingerprint density at radius 3 is 2.39 bits per heavy atom. The van der Waals surface area contributed by atoms with Gasteiger partial charge in [0.25, 0.3) is 0 Å². The van der Waals surface area contributed by atoms with Gasteiger partial charge >= 0.3 is 10.2 Å². The van der Waals surface area contributed by atoms with E-state index in [1.54, 1.807) is 22.9 Å². The lowest BCUT2D eigenvalue weighted by atomic mass is 10.1. The summed E-state index contributed by atoms with van der Waals surface area (Å²) in [4.78, 5) is 4.07. The first-order valence-corrected chi connectivity index (χ1v) is 11.6. The minimum Gasteiger partial charge on any atom is -0.439 e. The quantitative estimate of drug-likeness (QED) is 0.521. The minimum atomic E-state index is -3.74. The Kier molecular flexibility index (Phi) is 6.97. The van der Waals surface area contributed by atoms with Crippen molar-refractivity contribution in [1.29, 1.82) is 0 Å². The van der Waals surface area contributed by atoms with Crippen molar-refractivity contribution in [1.82, 2.24) is 23.0 Å². The molecule has 0 spiro atoms. The highest BCUT2D eigenvalue weighted by molar-refractivity contribution is 7.87. The Bertz CT molecular complexity index is 1170. The van der Waals surface area contributed by atoms with Gasteiger partial charge in [-0.1, -0.05) is 30.1 Å². The van der Waals surface area contributed by atoms with Gasteiger partial charge in [0, 0.05) is 42.4 Å². The topological polar surface area (TPSA) is 102 Å². The molecule has 0 aliphatic heterocycles. The van der Waals surface area contributed by atoms with Gasteiger partial charge in [0.1, 0.15) is 23.9 Å². The van der Waals surface area contributed by atoms with E-state index in [-0.39, 0.29) is 5.69 Å². The second-order valence-electron chi connectivity index (χ2n) is 6.87. The van der Waals surface area contributed by atoms with Crippen molar-refractivity contribution < 1.29 is 18.3 Å². The largest absolute Gasteiger partial charge is 0.439 e. The molecule has 0 saturated carbocycles. The number of imidazole rings is 1. The number of nitrogens with zero attached hydrogens (tertiary/aromatic N) is 5. The van der Waals surface area contributed by atoms with Crippen LogP contribution in [0.4, 0.5) is 0 Å². The fourth-order valence-electron chi connectivity index (χ4n) is 3.00. The highest BCUT2D eigenvalue weighted by Crippen LogP contribution is 2.35. The molecule has 31 heavy (non-hydrogen) atoms. The molecule has 168 valence electrons. The van der Waals surface area contributed by atoms with E-state index in [0.717, 1.165) is 14.6 Å². The number of aryl methyl sites for hydroxylation is 1. The van der Waals surface area contributed by atoms with Gasteiger partial charge in [0.15, 0.2) is 0 Å². The van der Waals surface area contributed by atoms with E-state index in [2.05, 4.69) is 10.1 Å². The van der Waals surface area contributed by atoms with Crippen LogP contribution < -0.4 is 4.74 Å². The molecule has 0 amide bonds. The Morgan fingerprint density at radius 2 is 1.84 bits per heavy atom. The molecule has 1 aromatic carbocycles. The standard InChI is InChI=1S/C19H23Cl2N5O4S/c1-5-15-17(18(27)16-10-25(11-22-16)31(28,29)24(3)4)23-26(6-2)19(15)30-14-8-12(20)7-13(21)9-14/h7-11,18,27H,5-6H2,1-4H3/t18-/m1/s1. The summed E-state index contributed by atoms with van der Waals surface area (Å²) in [6.07, 6.45) is 1.67. The third-order valence-corrected chi connectivity index (χ3v) is 6.67. The minimum absolute atomic E-state index is 0.151. The molecule has 9 nitrogen and oxygen atoms in total. The van der Waals surface area contributed by atoms with E-state index in [1.165, 1.54) is 20.3 Å². The van der Waals surface area contributed by atoms with Gasteiger partial charge in [-0.2, -0.15) is 17.8 Å². The molecule has 0 aliphatic rings. The summed E-state index contributed by atoms with van der Waals surface area (Å²) in [5.74, 6) is 0.877. The first-order valence-electron chi connectivity index (χ1n) is 9.46. The molecule has 2 aromatic heterocycles. The number of aliphatic hydroxyl groups excluding tert-OH is 1. The van der Waals surface area contributed by atoms with Crippen LogP contribution >= 0.6 is 23.2 Å². The van der Waals surface area contributed by atoms with Crippen LogP contribution in [0.15, 0.2) is 30.7 Å². The fourth-order valence-corrected chi connectivity index (χ4v) is 4.29. The van der Waals surface area contributed by atoms with Crippen molar-refractivity contribution in [3.05, 3.63) is 57.7 Å². The van der Waals surface area contributed by atoms with Crippen LogP contribution in [-0.2, 0) is 23.2 Å². The van der Waals surface area contributed by atoms with Gasteiger partial charge in [0.2, 0.25) is 5.88 Å². The zero-order chi connectivity index (χ0) is 22.9. The lowest BCUT2D eigenvalue weighted by molar-refractivity contribution is 0.208. The number of hydrogen-bond donors (Lipinski definition) is 1. The van der Waals surface area contributed by atoms with E-state index in [0.29, 0.717) is 45.9 Å². The summed E-state index contributed by atoms with van der Waals surface area (Å²) in [7, 11) is -0.919. The zero-order valence-corrected chi connectivity index (χ0v) is 19.8. The first kappa shape index (κ1) is 23.6. The lowest BCUT2D eigenvalue weighted by Gasteiger charge is -2.11. The van der Waals surface area contributed by atoms with Crippen LogP contribution in [0.5, 0.6) is 11.6 Å². The summed E-state index contributed by atoms with van der Waals surface area (Å²) >= 11 is 12.1. The van der Waals surface area contributed by atoms with Crippen molar-refractivity contribution in [2.45, 2.75) is 32.9 Å². The summed E-state index contributed by atoms with van der Waals surface area (Å²) in [5, 5.41) is 16.3. The summed E-state index contributed by atoms with van der Waals surface area (Å²) < 4.78 is 34.2. The number of halogens is 2. The average Bonchev–Trinajstić information content (AvgIpc) is 3.32. The molecule has 1 N–H and O–H groups in total. The van der Waals surface area contributed by atoms with E-state index in [1.807, 2.05) is 13.8 Å². The van der Waals surface area contributed by atoms with Crippen LogP contribution in [-0.4, -0.2) is 50.7 Å². The number of hydrogen-bond acceptors (Lipinski definition) is 6. The van der Waals surface area contributed by atoms with Crippen LogP contribution in [0.1, 0.15) is 36.9 Å². The maximum absolute atomic E-state index is 12.3. The molecule has 0 fully saturated rings. The fraction of sp³-hybridized carbons (Fsp3) is 0.368. The number of benzene rings is 1. The molecule has 12 heteroatoms. The third-order valence-electron chi connectivity index (χ3n) is 4.58. The van der Waals surface area contributed by atoms with Crippen molar-refractivity contribution >= 4 is 33.4 Å². The predicted octanol–water partition coefficient (Wildman–Crippen LogP) is 3.50. The van der Waals surface area contributed by atoms with Crippen LogP contribution in [0.25, 0.3) is 0 Å². The smallest absolute Gasteiger partial charge is 0.308 e. The molecule has 0 unspecified atom stereocenters. The van der Waals surface area contributed by atoms with Gasteiger partial charge in [-0.05, 0) is 31.5 Å². The van der Waals surface area contributed by atoms with Gasteiger partial charge in [-0.25, -0.2) is 13.6 Å². The van der Waals surface area contributed by atoms with Gasteiger partial charge < -0.3 is 9.84 Å². The SMILES string of the molecule is CCc1c([C@H](O)c2cn(S(=O)(=O)N(C)C)cn2)nn(CC)c1Oc1cc(Cl)cc(Cl)c1. The normalized spacial score (nSPS) is 13.0. The van der Waals surface area contributed by atoms with Gasteiger partial charge in [0.05, 0.1) is 5.69 Å². The molecule has 0 radical (unpaired) electrons. The highest BCUT2D eigenvalue weighted by Gasteiger charge is 2.27. The van der Waals surface area contributed by atoms with Gasteiger partial charge in [-0.15, -0.1) is 0 Å². The Labute approximate surface area is 191 Å². The third kappa shape index (κ3) is 4.73. The van der Waals surface area contributed by atoms with Crippen molar-refractivity contribution in [3.63, 3.8) is 0 Å². The molecular weight excluding hydrogens is 465 g/mol. The van der Waals surface area contributed by atoms with Crippen LogP contribution in [0.3, 0.4) is 0 Å². The molecule has 0 aliphatic carbocycles. The summed E-state index contributed by atoms with van der Waals surface area (Å²) in [5.41, 5.74) is 1.15. The monoisotopic (exact) mass is 487 g/mol. The zero-order valence-electron chi connectivity index (χ0n) is 17.5. The number of aliphatic hydroxyl groups is 1. The summed E-state index contributed by atoms with van der Waals surface area (Å²) in [6.45, 7) is 4.27. The molecule has 0 saturated heterocycles. The number of ether oxygens (including phenoxy) is 1. The van der Waals surface area contributed by atoms with Crippen LogP contribution in [0, 0.1) is 0 Å². The van der Waals surface area contributed by atoms with E-state index in [9.17, 15) is 13.5 Å². The maximum Gasteiger partial charge on any atom is 0.308 e. The van der Waals surface area contributed by atoms with E-state index < -0.39 is 16.3 Å². The second-order valence-corrected chi connectivity index (χ2v) is 9.79. The molecule has 3 rings (SSSR count). The number of rotatable bonds is 8. The van der Waals surface area contributed by atoms with E-state index >= 15 is 0 Å². The van der Waals surface area contributed by atoms with Crippen molar-refractivity contribution in [3.8, 4) is 11.6 Å². The molecule has 3 aromatic rings. The number of aromatic nitrogens is 4. The maximum atomic E-state index is 12.3. The predicted molar refractivity (Wildman–Crippen MR) is 118 cm³/mol. The summed E-state index contributed by atoms with van der Waals surface area (Å²) in [6, 6.07) is 4.86. The molecule has 2 heterocycles. The highest BCUT2D eigenvalue weighted by atomic mass is 35.5. The molecular formula is C19H23Cl2N5O4S. The molecule has 1 atom stereocenters. The first-order chi connectivity index (χ1) is 14.6. The second kappa shape index (κ2) is 9.17. The Morgan fingerprint density at radius 1 is 1.19 bits per heavy atom. The van der Waals surface area contributed by atoms with Gasteiger partial charge in [-0.3, -0.25) is 0 Å². The average molecular weight is 488 g/mol. The van der Waals surface area contributed by atoms with E-state index in [4.69, 9.17) is 27.9 Å². The Balaban J connectivity index is 2.01. The van der Waals surface area contributed by atoms with Crippen molar-refractivity contribution in [2.75, 3.05) is 14.1 Å².